The zero-order valence-electron chi connectivity index (χ0n) is 16.9. The number of rotatable bonds is 6. The molecule has 0 saturated heterocycles. The van der Waals surface area contributed by atoms with Gasteiger partial charge in [0.25, 0.3) is 5.91 Å². The van der Waals surface area contributed by atoms with Crippen molar-refractivity contribution in [3.05, 3.63) is 84.6 Å². The van der Waals surface area contributed by atoms with Crippen LogP contribution in [-0.2, 0) is 0 Å². The van der Waals surface area contributed by atoms with Gasteiger partial charge in [-0.3, -0.25) is 9.78 Å². The second-order valence-electron chi connectivity index (χ2n) is 6.59. The number of carbonyl (C=O) groups is 1. The monoisotopic (exact) mass is 418 g/mol. The fourth-order valence-corrected chi connectivity index (χ4v) is 3.07. The van der Waals surface area contributed by atoms with Crippen LogP contribution in [0.5, 0.6) is 11.5 Å². The predicted molar refractivity (Wildman–Crippen MR) is 114 cm³/mol. The Kier molecular flexibility index (Phi) is 5.61. The summed E-state index contributed by atoms with van der Waals surface area (Å²) in [6.45, 7) is 0. The first-order chi connectivity index (χ1) is 15.1. The molecule has 0 aliphatic heterocycles. The largest absolute Gasteiger partial charge is 0.497 e. The summed E-state index contributed by atoms with van der Waals surface area (Å²) in [5, 5.41) is 7.28. The Bertz CT molecular complexity index is 1190. The van der Waals surface area contributed by atoms with Gasteiger partial charge < -0.3 is 14.8 Å². The van der Waals surface area contributed by atoms with Crippen molar-refractivity contribution >= 4 is 11.6 Å². The number of ether oxygens (including phenoxy) is 2. The number of carbonyl (C=O) groups excluding carboxylic acids is 1. The lowest BCUT2D eigenvalue weighted by atomic mass is 10.1. The minimum atomic E-state index is -0.411. The maximum Gasteiger partial charge on any atom is 0.276 e. The van der Waals surface area contributed by atoms with Crippen molar-refractivity contribution in [3.63, 3.8) is 0 Å². The van der Waals surface area contributed by atoms with Crippen LogP contribution in [0, 0.1) is 5.82 Å². The molecule has 156 valence electrons. The molecule has 0 aliphatic rings. The van der Waals surface area contributed by atoms with Gasteiger partial charge in [-0.15, -0.1) is 0 Å². The number of nitrogens with one attached hydrogen (secondary N) is 1. The molecule has 0 unspecified atom stereocenters. The molecule has 0 bridgehead atoms. The van der Waals surface area contributed by atoms with Gasteiger partial charge >= 0.3 is 0 Å². The molecule has 0 saturated carbocycles. The Morgan fingerprint density at radius 1 is 0.935 bits per heavy atom. The number of aromatic nitrogens is 3. The summed E-state index contributed by atoms with van der Waals surface area (Å²) in [7, 11) is 3.07. The number of pyridine rings is 1. The van der Waals surface area contributed by atoms with Crippen molar-refractivity contribution in [1.82, 2.24) is 14.8 Å². The van der Waals surface area contributed by atoms with Crippen LogP contribution in [0.2, 0.25) is 0 Å². The maximum absolute atomic E-state index is 13.4. The summed E-state index contributed by atoms with van der Waals surface area (Å²) in [6.07, 6.45) is 3.30. The van der Waals surface area contributed by atoms with E-state index in [0.717, 1.165) is 5.56 Å². The van der Waals surface area contributed by atoms with Crippen LogP contribution in [0.25, 0.3) is 16.9 Å². The molecule has 0 spiro atoms. The van der Waals surface area contributed by atoms with E-state index in [0.29, 0.717) is 28.6 Å². The maximum atomic E-state index is 13.4. The highest BCUT2D eigenvalue weighted by Gasteiger charge is 2.18. The lowest BCUT2D eigenvalue weighted by molar-refractivity contribution is 0.102. The molecule has 7 nitrogen and oxygen atoms in total. The Hall–Kier alpha value is -4.20. The van der Waals surface area contributed by atoms with Crippen LogP contribution in [-0.4, -0.2) is 34.9 Å². The van der Waals surface area contributed by atoms with E-state index in [1.165, 1.54) is 26.4 Å². The second-order valence-corrected chi connectivity index (χ2v) is 6.59. The Morgan fingerprint density at radius 3 is 2.19 bits per heavy atom. The summed E-state index contributed by atoms with van der Waals surface area (Å²) in [5.41, 5.74) is 2.80. The fraction of sp³-hybridized carbons (Fsp3) is 0.0870. The molecule has 2 aromatic heterocycles. The summed E-state index contributed by atoms with van der Waals surface area (Å²) in [5.74, 6) is 0.325. The number of halogens is 1. The number of benzene rings is 2. The van der Waals surface area contributed by atoms with E-state index in [2.05, 4.69) is 15.4 Å². The van der Waals surface area contributed by atoms with Crippen LogP contribution >= 0.6 is 0 Å². The summed E-state index contributed by atoms with van der Waals surface area (Å²) in [4.78, 5) is 17.0. The molecule has 0 fully saturated rings. The molecule has 4 rings (SSSR count). The van der Waals surface area contributed by atoms with Crippen LogP contribution in [0.1, 0.15) is 10.5 Å². The van der Waals surface area contributed by atoms with Gasteiger partial charge in [0.05, 0.1) is 25.6 Å². The normalized spacial score (nSPS) is 10.5. The molecule has 0 atom stereocenters. The summed E-state index contributed by atoms with van der Waals surface area (Å²) >= 11 is 0. The molecular weight excluding hydrogens is 399 g/mol. The highest BCUT2D eigenvalue weighted by atomic mass is 19.1. The SMILES string of the molecule is COc1cc(NC(=O)c2cc(-c3ccncc3)n(-c3ccc(F)cc3)n2)cc(OC)c1. The lowest BCUT2D eigenvalue weighted by Crippen LogP contribution is -2.13. The van der Waals surface area contributed by atoms with Crippen LogP contribution in [0.3, 0.4) is 0 Å². The van der Waals surface area contributed by atoms with E-state index in [1.807, 2.05) is 12.1 Å². The average molecular weight is 418 g/mol. The van der Waals surface area contributed by atoms with E-state index >= 15 is 0 Å². The Morgan fingerprint density at radius 2 is 1.58 bits per heavy atom. The minimum absolute atomic E-state index is 0.193. The number of amides is 1. The zero-order valence-corrected chi connectivity index (χ0v) is 16.9. The van der Waals surface area contributed by atoms with Crippen molar-refractivity contribution < 1.29 is 18.7 Å². The smallest absolute Gasteiger partial charge is 0.276 e. The minimum Gasteiger partial charge on any atom is -0.497 e. The molecule has 31 heavy (non-hydrogen) atoms. The molecule has 0 radical (unpaired) electrons. The highest BCUT2D eigenvalue weighted by molar-refractivity contribution is 6.03. The van der Waals surface area contributed by atoms with Gasteiger partial charge in [0.2, 0.25) is 0 Å². The van der Waals surface area contributed by atoms with E-state index < -0.39 is 5.91 Å². The van der Waals surface area contributed by atoms with Gasteiger partial charge in [-0.2, -0.15) is 5.10 Å². The van der Waals surface area contributed by atoms with Crippen molar-refractivity contribution in [2.45, 2.75) is 0 Å². The third-order valence-corrected chi connectivity index (χ3v) is 4.60. The van der Waals surface area contributed by atoms with Crippen molar-refractivity contribution in [1.29, 1.82) is 0 Å². The topological polar surface area (TPSA) is 78.3 Å². The molecule has 2 aromatic carbocycles. The average Bonchev–Trinajstić information content (AvgIpc) is 3.25. The van der Waals surface area contributed by atoms with Gasteiger partial charge in [0, 0.05) is 41.8 Å². The number of hydrogen-bond donors (Lipinski definition) is 1. The Labute approximate surface area is 178 Å². The molecule has 0 aliphatic carbocycles. The zero-order chi connectivity index (χ0) is 21.8. The first kappa shape index (κ1) is 20.1. The van der Waals surface area contributed by atoms with Crippen molar-refractivity contribution in [2.24, 2.45) is 0 Å². The first-order valence-corrected chi connectivity index (χ1v) is 9.38. The fourth-order valence-electron chi connectivity index (χ4n) is 3.07. The standard InChI is InChI=1S/C23H19FN4O3/c1-30-19-11-17(12-20(13-19)31-2)26-23(29)21-14-22(15-7-9-25-10-8-15)28(27-21)18-5-3-16(24)4-6-18/h3-14H,1-2H3,(H,26,29). The van der Waals surface area contributed by atoms with E-state index in [1.54, 1.807) is 53.5 Å². The molecular formula is C23H19FN4O3. The molecule has 4 aromatic rings. The number of anilines is 1. The van der Waals surface area contributed by atoms with E-state index in [-0.39, 0.29) is 11.5 Å². The highest BCUT2D eigenvalue weighted by Crippen LogP contribution is 2.27. The van der Waals surface area contributed by atoms with Gasteiger partial charge in [-0.05, 0) is 42.5 Å². The summed E-state index contributed by atoms with van der Waals surface area (Å²) < 4.78 is 25.5. The van der Waals surface area contributed by atoms with E-state index in [4.69, 9.17) is 9.47 Å². The lowest BCUT2D eigenvalue weighted by Gasteiger charge is -2.09. The second kappa shape index (κ2) is 8.66. The number of methoxy groups -OCH3 is 2. The van der Waals surface area contributed by atoms with E-state index in [9.17, 15) is 9.18 Å². The van der Waals surface area contributed by atoms with Crippen molar-refractivity contribution in [3.8, 4) is 28.4 Å². The quantitative estimate of drug-likeness (QED) is 0.504. The Balaban J connectivity index is 1.72. The van der Waals surface area contributed by atoms with Gasteiger partial charge in [0.1, 0.15) is 17.3 Å². The van der Waals surface area contributed by atoms with Crippen LogP contribution in [0.15, 0.2) is 73.1 Å². The van der Waals surface area contributed by atoms with Crippen molar-refractivity contribution in [2.75, 3.05) is 19.5 Å². The number of hydrogen-bond acceptors (Lipinski definition) is 5. The van der Waals surface area contributed by atoms with Gasteiger partial charge in [-0.25, -0.2) is 9.07 Å². The third kappa shape index (κ3) is 4.37. The number of nitrogens with zero attached hydrogens (tertiary/aromatic N) is 3. The molecule has 1 amide bonds. The van der Waals surface area contributed by atoms with Gasteiger partial charge in [-0.1, -0.05) is 0 Å². The predicted octanol–water partition coefficient (Wildman–Crippen LogP) is 4.34. The summed E-state index contributed by atoms with van der Waals surface area (Å²) in [6, 6.07) is 16.2. The van der Waals surface area contributed by atoms with Crippen LogP contribution < -0.4 is 14.8 Å². The molecule has 8 heteroatoms. The molecule has 2 heterocycles. The third-order valence-electron chi connectivity index (χ3n) is 4.60. The van der Waals surface area contributed by atoms with Gasteiger partial charge in [0.15, 0.2) is 5.69 Å². The van der Waals surface area contributed by atoms with Crippen LogP contribution in [0.4, 0.5) is 10.1 Å². The first-order valence-electron chi connectivity index (χ1n) is 9.38. The molecule has 1 N–H and O–H groups in total.